The monoisotopic (exact) mass is 248 g/mol. The van der Waals surface area contributed by atoms with Gasteiger partial charge < -0.3 is 10.6 Å². The quantitative estimate of drug-likeness (QED) is 0.690. The molecule has 0 heterocycles. The van der Waals surface area contributed by atoms with E-state index < -0.39 is 0 Å². The van der Waals surface area contributed by atoms with E-state index in [9.17, 15) is 0 Å². The molecule has 2 heteroatoms. The van der Waals surface area contributed by atoms with Crippen LogP contribution in [-0.4, -0.2) is 19.1 Å². The first kappa shape index (κ1) is 15.2. The second-order valence-electron chi connectivity index (χ2n) is 5.34. The van der Waals surface area contributed by atoms with E-state index in [0.29, 0.717) is 12.0 Å². The molecule has 1 rings (SSSR count). The molecule has 0 spiro atoms. The van der Waals surface area contributed by atoms with Crippen LogP contribution in [0.2, 0.25) is 0 Å². The van der Waals surface area contributed by atoms with Gasteiger partial charge in [-0.25, -0.2) is 0 Å². The Bertz CT molecular complexity index is 316. The van der Waals surface area contributed by atoms with Crippen molar-refractivity contribution in [2.24, 2.45) is 0 Å². The van der Waals surface area contributed by atoms with E-state index in [4.69, 9.17) is 0 Å². The molecule has 0 saturated heterocycles. The summed E-state index contributed by atoms with van der Waals surface area (Å²) in [5.41, 5.74) is 2.81. The summed E-state index contributed by atoms with van der Waals surface area (Å²) >= 11 is 0. The highest BCUT2D eigenvalue weighted by Crippen LogP contribution is 2.18. The highest BCUT2D eigenvalue weighted by molar-refractivity contribution is 5.24. The lowest BCUT2D eigenvalue weighted by molar-refractivity contribution is 0.555. The summed E-state index contributed by atoms with van der Waals surface area (Å²) in [4.78, 5) is 0. The van der Waals surface area contributed by atoms with Gasteiger partial charge in [-0.3, -0.25) is 0 Å². The number of hydrogen-bond donors (Lipinski definition) is 2. The second kappa shape index (κ2) is 8.28. The average Bonchev–Trinajstić information content (AvgIpc) is 2.38. The smallest absolute Gasteiger partial charge is 0.0206 e. The van der Waals surface area contributed by atoms with Crippen LogP contribution in [0.3, 0.4) is 0 Å². The van der Waals surface area contributed by atoms with E-state index in [1.807, 2.05) is 0 Å². The fraction of sp³-hybridized carbons (Fsp3) is 0.625. The van der Waals surface area contributed by atoms with Crippen LogP contribution in [0.5, 0.6) is 0 Å². The first-order valence-corrected chi connectivity index (χ1v) is 7.16. The van der Waals surface area contributed by atoms with Crippen LogP contribution in [0, 0.1) is 0 Å². The van der Waals surface area contributed by atoms with Gasteiger partial charge in [-0.1, -0.05) is 52.0 Å². The van der Waals surface area contributed by atoms with Crippen molar-refractivity contribution < 1.29 is 0 Å². The minimum Gasteiger partial charge on any atom is -0.313 e. The summed E-state index contributed by atoms with van der Waals surface area (Å²) in [7, 11) is 0. The predicted octanol–water partition coefficient (Wildman–Crippen LogP) is 3.29. The zero-order valence-electron chi connectivity index (χ0n) is 12.3. The molecule has 1 aromatic rings. The molecule has 0 aromatic heterocycles. The molecule has 0 saturated carbocycles. The van der Waals surface area contributed by atoms with Crippen LogP contribution in [0.15, 0.2) is 24.3 Å². The molecule has 0 bridgehead atoms. The van der Waals surface area contributed by atoms with Gasteiger partial charge >= 0.3 is 0 Å². The second-order valence-corrected chi connectivity index (χ2v) is 5.34. The van der Waals surface area contributed by atoms with Crippen LogP contribution < -0.4 is 10.6 Å². The lowest BCUT2D eigenvalue weighted by Crippen LogP contribution is -2.31. The van der Waals surface area contributed by atoms with Gasteiger partial charge in [0.2, 0.25) is 0 Å². The lowest BCUT2D eigenvalue weighted by Gasteiger charge is -2.11. The molecule has 1 atom stereocenters. The van der Waals surface area contributed by atoms with Gasteiger partial charge in [-0.15, -0.1) is 0 Å². The third kappa shape index (κ3) is 5.65. The zero-order chi connectivity index (χ0) is 13.4. The minimum absolute atomic E-state index is 0.571. The molecule has 0 aliphatic rings. The van der Waals surface area contributed by atoms with Crippen LogP contribution in [0.1, 0.15) is 51.2 Å². The Labute approximate surface area is 112 Å². The van der Waals surface area contributed by atoms with E-state index in [2.05, 4.69) is 62.6 Å². The Balaban J connectivity index is 2.27. The first-order valence-electron chi connectivity index (χ1n) is 7.16. The Morgan fingerprint density at radius 1 is 1.00 bits per heavy atom. The van der Waals surface area contributed by atoms with E-state index in [1.54, 1.807) is 0 Å². The number of benzene rings is 1. The minimum atomic E-state index is 0.571. The maximum Gasteiger partial charge on any atom is 0.0206 e. The summed E-state index contributed by atoms with van der Waals surface area (Å²) in [5, 5.41) is 6.86. The van der Waals surface area contributed by atoms with Crippen molar-refractivity contribution in [2.75, 3.05) is 13.1 Å². The molecule has 0 aliphatic heterocycles. The molecule has 18 heavy (non-hydrogen) atoms. The molecular weight excluding hydrogens is 220 g/mol. The van der Waals surface area contributed by atoms with Crippen LogP contribution in [-0.2, 0) is 6.54 Å². The SMILES string of the molecule is CCC(C)c1ccc(CNCCNC(C)C)cc1. The normalized spacial score (nSPS) is 12.9. The maximum absolute atomic E-state index is 3.46. The fourth-order valence-electron chi connectivity index (χ4n) is 1.88. The standard InChI is InChI=1S/C16H28N2/c1-5-14(4)16-8-6-15(7-9-16)12-17-10-11-18-13(2)3/h6-9,13-14,17-18H,5,10-12H2,1-4H3. The summed E-state index contributed by atoms with van der Waals surface area (Å²) in [6.45, 7) is 11.9. The van der Waals surface area contributed by atoms with E-state index >= 15 is 0 Å². The van der Waals surface area contributed by atoms with Crippen molar-refractivity contribution in [1.29, 1.82) is 0 Å². The van der Waals surface area contributed by atoms with Crippen molar-refractivity contribution in [1.82, 2.24) is 10.6 Å². The van der Waals surface area contributed by atoms with Gasteiger partial charge in [0.15, 0.2) is 0 Å². The van der Waals surface area contributed by atoms with Gasteiger partial charge in [-0.2, -0.15) is 0 Å². The average molecular weight is 248 g/mol. The van der Waals surface area contributed by atoms with Crippen molar-refractivity contribution in [3.8, 4) is 0 Å². The summed E-state index contributed by atoms with van der Waals surface area (Å²) in [5.74, 6) is 0.669. The van der Waals surface area contributed by atoms with Crippen molar-refractivity contribution in [2.45, 2.75) is 52.6 Å². The third-order valence-electron chi connectivity index (χ3n) is 3.34. The molecule has 1 unspecified atom stereocenters. The maximum atomic E-state index is 3.46. The summed E-state index contributed by atoms with van der Waals surface area (Å²) < 4.78 is 0. The first-order chi connectivity index (χ1) is 8.63. The van der Waals surface area contributed by atoms with Gasteiger partial charge in [0.25, 0.3) is 0 Å². The predicted molar refractivity (Wildman–Crippen MR) is 80.0 cm³/mol. The Morgan fingerprint density at radius 3 is 2.22 bits per heavy atom. The molecule has 0 radical (unpaired) electrons. The van der Waals surface area contributed by atoms with E-state index in [0.717, 1.165) is 19.6 Å². The Hall–Kier alpha value is -0.860. The molecule has 0 amide bonds. The number of nitrogens with one attached hydrogen (secondary N) is 2. The molecule has 0 fully saturated rings. The molecule has 2 N–H and O–H groups in total. The van der Waals surface area contributed by atoms with Gasteiger partial charge in [-0.05, 0) is 23.5 Å². The molecule has 2 nitrogen and oxygen atoms in total. The van der Waals surface area contributed by atoms with Crippen molar-refractivity contribution >= 4 is 0 Å². The molecule has 0 aliphatic carbocycles. The van der Waals surface area contributed by atoms with Gasteiger partial charge in [0, 0.05) is 25.7 Å². The topological polar surface area (TPSA) is 24.1 Å². The number of hydrogen-bond acceptors (Lipinski definition) is 2. The summed E-state index contributed by atoms with van der Waals surface area (Å²) in [6, 6.07) is 9.57. The van der Waals surface area contributed by atoms with E-state index in [-0.39, 0.29) is 0 Å². The van der Waals surface area contributed by atoms with Crippen LogP contribution in [0.4, 0.5) is 0 Å². The van der Waals surface area contributed by atoms with Gasteiger partial charge in [0.1, 0.15) is 0 Å². The van der Waals surface area contributed by atoms with E-state index in [1.165, 1.54) is 17.5 Å². The van der Waals surface area contributed by atoms with Crippen molar-refractivity contribution in [3.63, 3.8) is 0 Å². The zero-order valence-corrected chi connectivity index (χ0v) is 12.3. The molecule has 102 valence electrons. The Kier molecular flexibility index (Phi) is 6.99. The van der Waals surface area contributed by atoms with Gasteiger partial charge in [0.05, 0.1) is 0 Å². The lowest BCUT2D eigenvalue weighted by atomic mass is 9.98. The molecule has 1 aromatic carbocycles. The molecular formula is C16H28N2. The number of rotatable bonds is 8. The Morgan fingerprint density at radius 2 is 1.67 bits per heavy atom. The fourth-order valence-corrected chi connectivity index (χ4v) is 1.88. The summed E-state index contributed by atoms with van der Waals surface area (Å²) in [6.07, 6.45) is 1.21. The highest BCUT2D eigenvalue weighted by atomic mass is 15.0. The van der Waals surface area contributed by atoms with Crippen LogP contribution >= 0.6 is 0 Å². The van der Waals surface area contributed by atoms with Crippen molar-refractivity contribution in [3.05, 3.63) is 35.4 Å². The van der Waals surface area contributed by atoms with Crippen LogP contribution in [0.25, 0.3) is 0 Å². The highest BCUT2D eigenvalue weighted by Gasteiger charge is 2.02. The largest absolute Gasteiger partial charge is 0.313 e. The third-order valence-corrected chi connectivity index (χ3v) is 3.34.